The number of likely N-dealkylation sites (tertiary alicyclic amines) is 1. The second-order valence-electron chi connectivity index (χ2n) is 7.07. The first kappa shape index (κ1) is 18.2. The van der Waals surface area contributed by atoms with Crippen molar-refractivity contribution in [2.45, 2.75) is 26.2 Å². The Morgan fingerprint density at radius 1 is 1.32 bits per heavy atom. The minimum atomic E-state index is 0.0992. The van der Waals surface area contributed by atoms with E-state index in [4.69, 9.17) is 14.2 Å². The van der Waals surface area contributed by atoms with Crippen LogP contribution in [0.1, 0.15) is 36.5 Å². The van der Waals surface area contributed by atoms with Gasteiger partial charge in [0, 0.05) is 37.8 Å². The van der Waals surface area contributed by atoms with Gasteiger partial charge < -0.3 is 19.1 Å². The summed E-state index contributed by atoms with van der Waals surface area (Å²) < 4.78 is 16.6. The van der Waals surface area contributed by atoms with Crippen LogP contribution < -0.4 is 4.74 Å². The molecule has 1 aromatic carbocycles. The number of methoxy groups -OCH3 is 1. The number of rotatable bonds is 5. The largest absolute Gasteiger partial charge is 0.497 e. The van der Waals surface area contributed by atoms with E-state index in [1.165, 1.54) is 0 Å². The lowest BCUT2D eigenvalue weighted by molar-refractivity contribution is -0.0956. The minimum Gasteiger partial charge on any atom is -0.497 e. The fraction of sp³-hybridized carbons (Fsp3) is 0.650. The van der Waals surface area contributed by atoms with Gasteiger partial charge in [0.1, 0.15) is 5.75 Å². The van der Waals surface area contributed by atoms with Crippen molar-refractivity contribution in [1.29, 1.82) is 0 Å². The zero-order chi connectivity index (χ0) is 17.7. The zero-order valence-electron chi connectivity index (χ0n) is 15.3. The van der Waals surface area contributed by atoms with E-state index in [1.54, 1.807) is 7.11 Å². The Morgan fingerprint density at radius 3 is 2.84 bits per heavy atom. The predicted octanol–water partition coefficient (Wildman–Crippen LogP) is 2.99. The molecule has 0 bridgehead atoms. The highest BCUT2D eigenvalue weighted by Crippen LogP contribution is 2.45. The van der Waals surface area contributed by atoms with Crippen molar-refractivity contribution in [2.24, 2.45) is 11.3 Å². The molecule has 25 heavy (non-hydrogen) atoms. The molecule has 1 spiro atoms. The Kier molecular flexibility index (Phi) is 5.97. The maximum absolute atomic E-state index is 12.8. The van der Waals surface area contributed by atoms with Gasteiger partial charge in [-0.1, -0.05) is 6.07 Å². The summed E-state index contributed by atoms with van der Waals surface area (Å²) in [5.41, 5.74) is 0.964. The monoisotopic (exact) mass is 347 g/mol. The van der Waals surface area contributed by atoms with E-state index in [0.717, 1.165) is 64.5 Å². The molecule has 0 N–H and O–H groups in total. The van der Waals surface area contributed by atoms with Crippen LogP contribution in [0.5, 0.6) is 5.75 Å². The highest BCUT2D eigenvalue weighted by atomic mass is 16.5. The van der Waals surface area contributed by atoms with Crippen molar-refractivity contribution < 1.29 is 19.0 Å². The van der Waals surface area contributed by atoms with Crippen LogP contribution in [0.2, 0.25) is 0 Å². The SMILES string of the molecule is CCOC[C@@H]1COCCC12CCN(C(=O)c1cccc(OC)c1)CC2. The van der Waals surface area contributed by atoms with Gasteiger partial charge in [0.05, 0.1) is 20.3 Å². The van der Waals surface area contributed by atoms with Gasteiger partial charge in [-0.2, -0.15) is 0 Å². The molecule has 5 heteroatoms. The molecule has 2 aliphatic rings. The van der Waals surface area contributed by atoms with E-state index in [-0.39, 0.29) is 11.3 Å². The van der Waals surface area contributed by atoms with Gasteiger partial charge in [0.2, 0.25) is 0 Å². The van der Waals surface area contributed by atoms with E-state index in [1.807, 2.05) is 36.1 Å². The summed E-state index contributed by atoms with van der Waals surface area (Å²) in [6.07, 6.45) is 3.14. The number of hydrogen-bond donors (Lipinski definition) is 0. The maximum Gasteiger partial charge on any atom is 0.253 e. The molecule has 1 amide bonds. The highest BCUT2D eigenvalue weighted by molar-refractivity contribution is 5.94. The minimum absolute atomic E-state index is 0.0992. The first-order chi connectivity index (χ1) is 12.2. The van der Waals surface area contributed by atoms with E-state index in [0.29, 0.717) is 11.5 Å². The average molecular weight is 347 g/mol. The molecular weight excluding hydrogens is 318 g/mol. The average Bonchev–Trinajstić information content (AvgIpc) is 2.67. The molecule has 0 aromatic heterocycles. The number of carbonyl (C=O) groups is 1. The zero-order valence-corrected chi connectivity index (χ0v) is 15.3. The summed E-state index contributed by atoms with van der Waals surface area (Å²) in [5.74, 6) is 1.26. The molecule has 0 unspecified atom stereocenters. The summed E-state index contributed by atoms with van der Waals surface area (Å²) in [6, 6.07) is 7.41. The van der Waals surface area contributed by atoms with E-state index >= 15 is 0 Å². The van der Waals surface area contributed by atoms with Crippen molar-refractivity contribution in [2.75, 3.05) is 46.6 Å². The molecule has 5 nitrogen and oxygen atoms in total. The molecule has 0 radical (unpaired) electrons. The van der Waals surface area contributed by atoms with Gasteiger partial charge in [-0.05, 0) is 49.8 Å². The molecule has 1 atom stereocenters. The summed E-state index contributed by atoms with van der Waals surface area (Å²) in [7, 11) is 1.62. The number of piperidine rings is 1. The van der Waals surface area contributed by atoms with Gasteiger partial charge in [-0.25, -0.2) is 0 Å². The van der Waals surface area contributed by atoms with Crippen molar-refractivity contribution >= 4 is 5.91 Å². The van der Waals surface area contributed by atoms with Crippen LogP contribution in [0.15, 0.2) is 24.3 Å². The topological polar surface area (TPSA) is 48.0 Å². The molecule has 2 fully saturated rings. The quantitative estimate of drug-likeness (QED) is 0.822. The lowest BCUT2D eigenvalue weighted by Crippen LogP contribution is -2.50. The number of hydrogen-bond acceptors (Lipinski definition) is 4. The third-order valence-corrected chi connectivity index (χ3v) is 5.82. The summed E-state index contributed by atoms with van der Waals surface area (Å²) in [5, 5.41) is 0. The van der Waals surface area contributed by atoms with Crippen LogP contribution in [-0.2, 0) is 9.47 Å². The number of nitrogens with zero attached hydrogens (tertiary/aromatic N) is 1. The lowest BCUT2D eigenvalue weighted by atomic mass is 9.66. The standard InChI is InChI=1S/C20H29NO4/c1-3-24-14-17-15-25-12-9-20(17)7-10-21(11-8-20)19(22)16-5-4-6-18(13-16)23-2/h4-6,13,17H,3,7-12,14-15H2,1-2H3/t17-/m1/s1. The van der Waals surface area contributed by atoms with Gasteiger partial charge in [-0.3, -0.25) is 4.79 Å². The van der Waals surface area contributed by atoms with Crippen molar-refractivity contribution in [3.05, 3.63) is 29.8 Å². The molecule has 2 heterocycles. The van der Waals surface area contributed by atoms with Crippen LogP contribution in [-0.4, -0.2) is 57.4 Å². The Balaban J connectivity index is 1.64. The lowest BCUT2D eigenvalue weighted by Gasteiger charge is -2.49. The molecule has 1 aromatic rings. The van der Waals surface area contributed by atoms with Crippen LogP contribution in [0, 0.1) is 11.3 Å². The maximum atomic E-state index is 12.8. The summed E-state index contributed by atoms with van der Waals surface area (Å²) in [6.45, 7) is 6.76. The van der Waals surface area contributed by atoms with Crippen molar-refractivity contribution in [1.82, 2.24) is 4.90 Å². The third-order valence-electron chi connectivity index (χ3n) is 5.82. The van der Waals surface area contributed by atoms with Gasteiger partial charge in [0.25, 0.3) is 5.91 Å². The molecule has 2 aliphatic heterocycles. The predicted molar refractivity (Wildman–Crippen MR) is 96.0 cm³/mol. The van der Waals surface area contributed by atoms with Crippen LogP contribution in [0.4, 0.5) is 0 Å². The molecular formula is C20H29NO4. The molecule has 0 aliphatic carbocycles. The smallest absolute Gasteiger partial charge is 0.253 e. The second-order valence-corrected chi connectivity index (χ2v) is 7.07. The normalized spacial score (nSPS) is 22.8. The van der Waals surface area contributed by atoms with Gasteiger partial charge >= 0.3 is 0 Å². The van der Waals surface area contributed by atoms with Gasteiger partial charge in [0.15, 0.2) is 0 Å². The van der Waals surface area contributed by atoms with E-state index in [9.17, 15) is 4.79 Å². The summed E-state index contributed by atoms with van der Waals surface area (Å²) in [4.78, 5) is 14.8. The van der Waals surface area contributed by atoms with Crippen LogP contribution in [0.3, 0.4) is 0 Å². The van der Waals surface area contributed by atoms with Crippen LogP contribution in [0.25, 0.3) is 0 Å². The fourth-order valence-electron chi connectivity index (χ4n) is 4.12. The Hall–Kier alpha value is -1.59. The summed E-state index contributed by atoms with van der Waals surface area (Å²) >= 11 is 0. The first-order valence-corrected chi connectivity index (χ1v) is 9.27. The Labute approximate surface area is 150 Å². The van der Waals surface area contributed by atoms with Crippen molar-refractivity contribution in [3.8, 4) is 5.75 Å². The number of ether oxygens (including phenoxy) is 3. The van der Waals surface area contributed by atoms with E-state index < -0.39 is 0 Å². The van der Waals surface area contributed by atoms with Gasteiger partial charge in [-0.15, -0.1) is 0 Å². The third kappa shape index (κ3) is 3.98. The molecule has 138 valence electrons. The van der Waals surface area contributed by atoms with Crippen LogP contribution >= 0.6 is 0 Å². The second kappa shape index (κ2) is 8.19. The van der Waals surface area contributed by atoms with Crippen molar-refractivity contribution in [3.63, 3.8) is 0 Å². The number of amides is 1. The molecule has 3 rings (SSSR count). The Morgan fingerprint density at radius 2 is 2.12 bits per heavy atom. The van der Waals surface area contributed by atoms with E-state index in [2.05, 4.69) is 0 Å². The number of benzene rings is 1. The first-order valence-electron chi connectivity index (χ1n) is 9.27. The molecule has 0 saturated carbocycles. The number of carbonyl (C=O) groups excluding carboxylic acids is 1. The fourth-order valence-corrected chi connectivity index (χ4v) is 4.12. The molecule has 2 saturated heterocycles. The Bertz CT molecular complexity index is 581. The highest BCUT2D eigenvalue weighted by Gasteiger charge is 2.44.